The number of hydrogen-bond donors (Lipinski definition) is 1. The Morgan fingerprint density at radius 2 is 2.33 bits per heavy atom. The van der Waals surface area contributed by atoms with Crippen molar-refractivity contribution in [2.24, 2.45) is 0 Å². The van der Waals surface area contributed by atoms with E-state index in [9.17, 15) is 4.79 Å². The van der Waals surface area contributed by atoms with E-state index in [-0.39, 0.29) is 36.8 Å². The number of amides is 1. The van der Waals surface area contributed by atoms with Crippen molar-refractivity contribution in [2.75, 3.05) is 13.6 Å². The van der Waals surface area contributed by atoms with Crippen LogP contribution in [0.5, 0.6) is 0 Å². The van der Waals surface area contributed by atoms with Crippen LogP contribution in [0.4, 0.5) is 0 Å². The van der Waals surface area contributed by atoms with Gasteiger partial charge in [-0.05, 0) is 26.3 Å². The third-order valence-electron chi connectivity index (χ3n) is 2.80. The summed E-state index contributed by atoms with van der Waals surface area (Å²) in [6, 6.07) is 0.0269. The van der Waals surface area contributed by atoms with E-state index < -0.39 is 0 Å². The SMILES string of the molecule is Cc1ncc(CN(C)C(=O)[C@@H]2CCCN2)s1.Cl.Cl. The van der Waals surface area contributed by atoms with Gasteiger partial charge in [0, 0.05) is 18.1 Å². The number of likely N-dealkylation sites (N-methyl/N-ethyl adjacent to an activating group) is 1. The molecule has 104 valence electrons. The Morgan fingerprint density at radius 3 is 2.83 bits per heavy atom. The molecule has 2 rings (SSSR count). The van der Waals surface area contributed by atoms with Crippen molar-refractivity contribution in [2.45, 2.75) is 32.4 Å². The van der Waals surface area contributed by atoms with Crippen molar-refractivity contribution in [3.8, 4) is 0 Å². The molecule has 1 aliphatic rings. The van der Waals surface area contributed by atoms with Crippen molar-refractivity contribution < 1.29 is 4.79 Å². The number of carbonyl (C=O) groups is 1. The van der Waals surface area contributed by atoms with Crippen LogP contribution >= 0.6 is 36.2 Å². The molecular formula is C11H19Cl2N3OS. The summed E-state index contributed by atoms with van der Waals surface area (Å²) in [6.45, 7) is 3.61. The lowest BCUT2D eigenvalue weighted by atomic mass is 10.2. The van der Waals surface area contributed by atoms with Crippen LogP contribution in [-0.4, -0.2) is 35.4 Å². The van der Waals surface area contributed by atoms with E-state index in [1.54, 1.807) is 16.2 Å². The smallest absolute Gasteiger partial charge is 0.239 e. The van der Waals surface area contributed by atoms with E-state index in [2.05, 4.69) is 10.3 Å². The van der Waals surface area contributed by atoms with Crippen LogP contribution in [0.15, 0.2) is 6.20 Å². The third kappa shape index (κ3) is 4.39. The summed E-state index contributed by atoms with van der Waals surface area (Å²) < 4.78 is 0. The lowest BCUT2D eigenvalue weighted by molar-refractivity contribution is -0.132. The molecule has 18 heavy (non-hydrogen) atoms. The normalized spacial score (nSPS) is 17.8. The molecule has 1 atom stereocenters. The van der Waals surface area contributed by atoms with Gasteiger partial charge in [0.05, 0.1) is 17.6 Å². The fourth-order valence-electron chi connectivity index (χ4n) is 1.95. The van der Waals surface area contributed by atoms with Crippen molar-refractivity contribution in [1.29, 1.82) is 0 Å². The van der Waals surface area contributed by atoms with Gasteiger partial charge in [-0.3, -0.25) is 4.79 Å². The molecule has 0 aliphatic carbocycles. The molecule has 1 aromatic rings. The topological polar surface area (TPSA) is 45.2 Å². The third-order valence-corrected chi connectivity index (χ3v) is 3.69. The molecule has 7 heteroatoms. The zero-order valence-electron chi connectivity index (χ0n) is 10.5. The molecular weight excluding hydrogens is 293 g/mol. The van der Waals surface area contributed by atoms with Gasteiger partial charge in [0.15, 0.2) is 0 Å². The van der Waals surface area contributed by atoms with E-state index in [1.165, 1.54) is 0 Å². The standard InChI is InChI=1S/C11H17N3OS.2ClH/c1-8-13-6-9(16-8)7-14(2)11(15)10-4-3-5-12-10;;/h6,10,12H,3-5,7H2,1-2H3;2*1H/t10-;;/m0../s1. The Labute approximate surface area is 124 Å². The molecule has 0 aromatic carbocycles. The first-order valence-corrected chi connectivity index (χ1v) is 6.38. The highest BCUT2D eigenvalue weighted by Crippen LogP contribution is 2.15. The van der Waals surface area contributed by atoms with Gasteiger partial charge in [0.25, 0.3) is 0 Å². The maximum atomic E-state index is 12.0. The number of aryl methyl sites for hydroxylation is 1. The van der Waals surface area contributed by atoms with Gasteiger partial charge in [-0.1, -0.05) is 0 Å². The van der Waals surface area contributed by atoms with Gasteiger partial charge in [0.1, 0.15) is 0 Å². The van der Waals surface area contributed by atoms with Gasteiger partial charge in [-0.15, -0.1) is 36.2 Å². The van der Waals surface area contributed by atoms with Gasteiger partial charge in [-0.2, -0.15) is 0 Å². The van der Waals surface area contributed by atoms with Crippen molar-refractivity contribution in [3.63, 3.8) is 0 Å². The highest BCUT2D eigenvalue weighted by molar-refractivity contribution is 7.11. The fraction of sp³-hybridized carbons (Fsp3) is 0.636. The van der Waals surface area contributed by atoms with Crippen LogP contribution < -0.4 is 5.32 Å². The van der Waals surface area contributed by atoms with E-state index in [0.29, 0.717) is 6.54 Å². The number of thiazole rings is 1. The van der Waals surface area contributed by atoms with E-state index in [1.807, 2.05) is 20.2 Å². The van der Waals surface area contributed by atoms with Gasteiger partial charge < -0.3 is 10.2 Å². The molecule has 2 heterocycles. The Balaban J connectivity index is 0.00000144. The number of rotatable bonds is 3. The molecule has 4 nitrogen and oxygen atoms in total. The summed E-state index contributed by atoms with van der Waals surface area (Å²) in [6.07, 6.45) is 3.92. The minimum absolute atomic E-state index is 0. The maximum Gasteiger partial charge on any atom is 0.239 e. The first kappa shape index (κ1) is 17.6. The van der Waals surface area contributed by atoms with E-state index in [4.69, 9.17) is 0 Å². The van der Waals surface area contributed by atoms with Crippen molar-refractivity contribution in [1.82, 2.24) is 15.2 Å². The lowest BCUT2D eigenvalue weighted by Crippen LogP contribution is -2.41. The minimum Gasteiger partial charge on any atom is -0.339 e. The fourth-order valence-corrected chi connectivity index (χ4v) is 2.80. The van der Waals surface area contributed by atoms with Crippen LogP contribution in [0.2, 0.25) is 0 Å². The highest BCUT2D eigenvalue weighted by atomic mass is 35.5. The van der Waals surface area contributed by atoms with Crippen LogP contribution in [0.1, 0.15) is 22.7 Å². The van der Waals surface area contributed by atoms with Gasteiger partial charge in [-0.25, -0.2) is 4.98 Å². The quantitative estimate of drug-likeness (QED) is 0.928. The molecule has 1 aliphatic heterocycles. The summed E-state index contributed by atoms with van der Waals surface area (Å²) in [4.78, 5) is 19.1. The predicted octanol–water partition coefficient (Wildman–Crippen LogP) is 2.01. The lowest BCUT2D eigenvalue weighted by Gasteiger charge is -2.20. The summed E-state index contributed by atoms with van der Waals surface area (Å²) in [7, 11) is 1.86. The van der Waals surface area contributed by atoms with Crippen LogP contribution in [0.3, 0.4) is 0 Å². The van der Waals surface area contributed by atoms with Gasteiger partial charge in [0.2, 0.25) is 5.91 Å². The first-order chi connectivity index (χ1) is 7.66. The Bertz CT molecular complexity index is 380. The Morgan fingerprint density at radius 1 is 1.61 bits per heavy atom. The molecule has 1 N–H and O–H groups in total. The molecule has 0 saturated carbocycles. The van der Waals surface area contributed by atoms with Crippen molar-refractivity contribution >= 4 is 42.1 Å². The highest BCUT2D eigenvalue weighted by Gasteiger charge is 2.24. The summed E-state index contributed by atoms with van der Waals surface area (Å²) in [5.74, 6) is 0.198. The molecule has 0 radical (unpaired) electrons. The summed E-state index contributed by atoms with van der Waals surface area (Å²) in [5, 5.41) is 4.28. The van der Waals surface area contributed by atoms with Crippen LogP contribution in [0, 0.1) is 6.92 Å². The molecule has 0 spiro atoms. The number of nitrogens with zero attached hydrogens (tertiary/aromatic N) is 2. The first-order valence-electron chi connectivity index (χ1n) is 5.56. The van der Waals surface area contributed by atoms with Crippen LogP contribution in [-0.2, 0) is 11.3 Å². The summed E-state index contributed by atoms with van der Waals surface area (Å²) in [5.41, 5.74) is 0. The number of halogens is 2. The molecule has 0 bridgehead atoms. The number of nitrogens with one attached hydrogen (secondary N) is 1. The van der Waals surface area contributed by atoms with E-state index in [0.717, 1.165) is 29.3 Å². The number of aromatic nitrogens is 1. The largest absolute Gasteiger partial charge is 0.339 e. The molecule has 1 aromatic heterocycles. The average molecular weight is 312 g/mol. The Hall–Kier alpha value is -0.360. The molecule has 1 amide bonds. The monoisotopic (exact) mass is 311 g/mol. The van der Waals surface area contributed by atoms with Gasteiger partial charge >= 0.3 is 0 Å². The zero-order valence-corrected chi connectivity index (χ0v) is 13.0. The second-order valence-corrected chi connectivity index (χ2v) is 5.51. The van der Waals surface area contributed by atoms with Crippen molar-refractivity contribution in [3.05, 3.63) is 16.1 Å². The number of carbonyl (C=O) groups excluding carboxylic acids is 1. The van der Waals surface area contributed by atoms with Crippen LogP contribution in [0.25, 0.3) is 0 Å². The second-order valence-electron chi connectivity index (χ2n) is 4.19. The minimum atomic E-state index is 0. The van der Waals surface area contributed by atoms with E-state index >= 15 is 0 Å². The second kappa shape index (κ2) is 7.94. The maximum absolute atomic E-state index is 12.0. The molecule has 1 saturated heterocycles. The summed E-state index contributed by atoms with van der Waals surface area (Å²) >= 11 is 1.65. The molecule has 0 unspecified atom stereocenters. The predicted molar refractivity (Wildman–Crippen MR) is 78.8 cm³/mol. The zero-order chi connectivity index (χ0) is 11.5. The average Bonchev–Trinajstić information content (AvgIpc) is 2.88. The Kier molecular flexibility index (Phi) is 7.78. The molecule has 1 fully saturated rings. The number of hydrogen-bond acceptors (Lipinski definition) is 4.